The minimum atomic E-state index is -0.255. The van der Waals surface area contributed by atoms with Gasteiger partial charge in [-0.3, -0.25) is 0 Å². The third kappa shape index (κ3) is 5.47. The van der Waals surface area contributed by atoms with E-state index >= 15 is 0 Å². The predicted octanol–water partition coefficient (Wildman–Crippen LogP) is 2.82. The molecule has 2 aliphatic rings. The van der Waals surface area contributed by atoms with Crippen molar-refractivity contribution >= 4 is 6.09 Å². The molecule has 0 radical (unpaired) electrons. The van der Waals surface area contributed by atoms with Crippen LogP contribution in [0.1, 0.15) is 57.9 Å². The number of aromatic nitrogens is 2. The first-order valence-corrected chi connectivity index (χ1v) is 10.3. The van der Waals surface area contributed by atoms with Crippen molar-refractivity contribution in [2.24, 2.45) is 5.73 Å². The van der Waals surface area contributed by atoms with Crippen LogP contribution in [0.2, 0.25) is 0 Å². The summed E-state index contributed by atoms with van der Waals surface area (Å²) in [5, 5.41) is 0. The first-order valence-electron chi connectivity index (χ1n) is 10.3. The van der Waals surface area contributed by atoms with Crippen LogP contribution in [-0.4, -0.2) is 58.4 Å². The van der Waals surface area contributed by atoms with Crippen molar-refractivity contribution in [3.05, 3.63) is 11.9 Å². The number of piperidine rings is 1. The van der Waals surface area contributed by atoms with E-state index in [1.165, 1.54) is 6.33 Å². The quantitative estimate of drug-likeness (QED) is 0.822. The topological polar surface area (TPSA) is 99.8 Å². The first-order chi connectivity index (χ1) is 13.4. The van der Waals surface area contributed by atoms with Gasteiger partial charge in [-0.15, -0.1) is 0 Å². The van der Waals surface area contributed by atoms with Crippen molar-refractivity contribution in [1.82, 2.24) is 14.9 Å². The van der Waals surface area contributed by atoms with E-state index < -0.39 is 0 Å². The lowest BCUT2D eigenvalue weighted by Gasteiger charge is -2.32. The van der Waals surface area contributed by atoms with Gasteiger partial charge in [0.15, 0.2) is 0 Å². The third-order valence-corrected chi connectivity index (χ3v) is 5.30. The molecule has 0 spiro atoms. The molecule has 0 atom stereocenters. The standard InChI is InChI=1S/C20H32N4O4/c1-13(2)26-20(25)24-10-8-17(9-11-24)28-19-14(3)18(22-12-23-19)27-16-6-4-15(21)5-7-16/h12-13,15-17H,4-11,21H2,1-3H3. The van der Waals surface area contributed by atoms with Gasteiger partial charge in [-0.2, -0.15) is 0 Å². The molecule has 1 aliphatic heterocycles. The highest BCUT2D eigenvalue weighted by molar-refractivity contribution is 5.67. The number of carbonyl (C=O) groups is 1. The molecule has 1 saturated heterocycles. The molecule has 8 nitrogen and oxygen atoms in total. The summed E-state index contributed by atoms with van der Waals surface area (Å²) in [6.45, 7) is 6.87. The minimum absolute atomic E-state index is 0.0113. The molecule has 1 amide bonds. The highest BCUT2D eigenvalue weighted by Gasteiger charge is 2.27. The second-order valence-electron chi connectivity index (χ2n) is 8.00. The van der Waals surface area contributed by atoms with Gasteiger partial charge in [-0.05, 0) is 46.5 Å². The summed E-state index contributed by atoms with van der Waals surface area (Å²) in [4.78, 5) is 22.3. The number of nitrogens with two attached hydrogens (primary N) is 1. The zero-order chi connectivity index (χ0) is 20.1. The van der Waals surface area contributed by atoms with E-state index in [1.54, 1.807) is 4.90 Å². The second kappa shape index (κ2) is 9.41. The van der Waals surface area contributed by atoms with E-state index in [0.29, 0.717) is 24.8 Å². The number of rotatable bonds is 5. The number of ether oxygens (including phenoxy) is 3. The van der Waals surface area contributed by atoms with E-state index in [1.807, 2.05) is 20.8 Å². The maximum absolute atomic E-state index is 12.0. The van der Waals surface area contributed by atoms with Crippen LogP contribution >= 0.6 is 0 Å². The Morgan fingerprint density at radius 2 is 1.57 bits per heavy atom. The Morgan fingerprint density at radius 3 is 2.11 bits per heavy atom. The molecule has 156 valence electrons. The lowest BCUT2D eigenvalue weighted by molar-refractivity contribution is 0.0503. The lowest BCUT2D eigenvalue weighted by Crippen LogP contribution is -2.42. The molecule has 2 N–H and O–H groups in total. The SMILES string of the molecule is Cc1c(OC2CCC(N)CC2)ncnc1OC1CCN(C(=O)OC(C)C)CC1. The minimum Gasteiger partial charge on any atom is -0.474 e. The molecule has 2 fully saturated rings. The Kier molecular flexibility index (Phi) is 6.93. The van der Waals surface area contributed by atoms with Gasteiger partial charge in [0.1, 0.15) is 18.5 Å². The molecule has 1 saturated carbocycles. The van der Waals surface area contributed by atoms with E-state index in [-0.39, 0.29) is 30.4 Å². The Hall–Kier alpha value is -2.09. The van der Waals surface area contributed by atoms with Crippen molar-refractivity contribution in [3.8, 4) is 11.8 Å². The summed E-state index contributed by atoms with van der Waals surface area (Å²) >= 11 is 0. The summed E-state index contributed by atoms with van der Waals surface area (Å²) in [7, 11) is 0. The summed E-state index contributed by atoms with van der Waals surface area (Å²) in [5.74, 6) is 1.14. The molecule has 8 heteroatoms. The van der Waals surface area contributed by atoms with E-state index in [0.717, 1.165) is 44.1 Å². The summed E-state index contributed by atoms with van der Waals surface area (Å²) in [5.41, 5.74) is 6.79. The van der Waals surface area contributed by atoms with Gasteiger partial charge in [0.2, 0.25) is 11.8 Å². The normalized spacial score (nSPS) is 23.5. The molecular formula is C20H32N4O4. The molecule has 3 rings (SSSR count). The fourth-order valence-corrected chi connectivity index (χ4v) is 3.61. The van der Waals surface area contributed by atoms with Crippen LogP contribution in [0.4, 0.5) is 4.79 Å². The van der Waals surface area contributed by atoms with Gasteiger partial charge in [0.25, 0.3) is 0 Å². The third-order valence-electron chi connectivity index (χ3n) is 5.30. The monoisotopic (exact) mass is 392 g/mol. The second-order valence-corrected chi connectivity index (χ2v) is 8.00. The van der Waals surface area contributed by atoms with E-state index in [9.17, 15) is 4.79 Å². The van der Waals surface area contributed by atoms with Gasteiger partial charge in [-0.1, -0.05) is 0 Å². The maximum atomic E-state index is 12.0. The van der Waals surface area contributed by atoms with Gasteiger partial charge in [0, 0.05) is 32.0 Å². The Bertz CT molecular complexity index is 654. The zero-order valence-corrected chi connectivity index (χ0v) is 17.1. The number of carbonyl (C=O) groups excluding carboxylic acids is 1. The number of nitrogens with zero attached hydrogens (tertiary/aromatic N) is 3. The highest BCUT2D eigenvalue weighted by atomic mass is 16.6. The lowest BCUT2D eigenvalue weighted by atomic mass is 9.94. The van der Waals surface area contributed by atoms with Gasteiger partial charge < -0.3 is 24.8 Å². The average Bonchev–Trinajstić information content (AvgIpc) is 2.67. The van der Waals surface area contributed by atoms with Crippen LogP contribution in [0.15, 0.2) is 6.33 Å². The number of amides is 1. The summed E-state index contributed by atoms with van der Waals surface area (Å²) in [6, 6.07) is 0.286. The Labute approximate surface area is 166 Å². The summed E-state index contributed by atoms with van der Waals surface area (Å²) in [6.07, 6.45) is 6.64. The van der Waals surface area contributed by atoms with Crippen LogP contribution in [0.25, 0.3) is 0 Å². The van der Waals surface area contributed by atoms with Crippen LogP contribution in [-0.2, 0) is 4.74 Å². The Balaban J connectivity index is 1.53. The highest BCUT2D eigenvalue weighted by Crippen LogP contribution is 2.29. The average molecular weight is 393 g/mol. The van der Waals surface area contributed by atoms with Gasteiger partial charge in [0.05, 0.1) is 11.7 Å². The molecule has 0 unspecified atom stereocenters. The van der Waals surface area contributed by atoms with Gasteiger partial charge in [-0.25, -0.2) is 14.8 Å². The van der Waals surface area contributed by atoms with Gasteiger partial charge >= 0.3 is 6.09 Å². The van der Waals surface area contributed by atoms with Crippen LogP contribution in [0.5, 0.6) is 11.8 Å². The van der Waals surface area contributed by atoms with Crippen molar-refractivity contribution < 1.29 is 19.0 Å². The van der Waals surface area contributed by atoms with Crippen molar-refractivity contribution in [1.29, 1.82) is 0 Å². The van der Waals surface area contributed by atoms with Crippen molar-refractivity contribution in [2.45, 2.75) is 83.6 Å². The molecule has 0 bridgehead atoms. The number of hydrogen-bond donors (Lipinski definition) is 1. The molecule has 28 heavy (non-hydrogen) atoms. The van der Waals surface area contributed by atoms with E-state index in [2.05, 4.69) is 9.97 Å². The number of hydrogen-bond acceptors (Lipinski definition) is 7. The largest absolute Gasteiger partial charge is 0.474 e. The molecular weight excluding hydrogens is 360 g/mol. The smallest absolute Gasteiger partial charge is 0.410 e. The molecule has 2 heterocycles. The molecule has 1 aromatic heterocycles. The van der Waals surface area contributed by atoms with Crippen molar-refractivity contribution in [3.63, 3.8) is 0 Å². The fourth-order valence-electron chi connectivity index (χ4n) is 3.61. The maximum Gasteiger partial charge on any atom is 0.410 e. The van der Waals surface area contributed by atoms with Crippen LogP contribution in [0, 0.1) is 6.92 Å². The van der Waals surface area contributed by atoms with Crippen molar-refractivity contribution in [2.75, 3.05) is 13.1 Å². The first kappa shape index (κ1) is 20.6. The van der Waals surface area contributed by atoms with E-state index in [4.69, 9.17) is 19.9 Å². The summed E-state index contributed by atoms with van der Waals surface area (Å²) < 4.78 is 17.5. The number of likely N-dealkylation sites (tertiary alicyclic amines) is 1. The molecule has 1 aliphatic carbocycles. The molecule has 1 aromatic rings. The zero-order valence-electron chi connectivity index (χ0n) is 17.1. The predicted molar refractivity (Wildman–Crippen MR) is 104 cm³/mol. The Morgan fingerprint density at radius 1 is 1.04 bits per heavy atom. The molecule has 0 aromatic carbocycles. The van der Waals surface area contributed by atoms with Crippen LogP contribution in [0.3, 0.4) is 0 Å². The van der Waals surface area contributed by atoms with Crippen LogP contribution < -0.4 is 15.2 Å². The fraction of sp³-hybridized carbons (Fsp3) is 0.750.